The lowest BCUT2D eigenvalue weighted by atomic mass is 10.2. The second-order valence-corrected chi connectivity index (χ2v) is 5.18. The molecule has 1 aromatic rings. The van der Waals surface area contributed by atoms with E-state index in [9.17, 15) is 0 Å². The number of benzene rings is 1. The number of rotatable bonds is 6. The zero-order chi connectivity index (χ0) is 12.8. The molecule has 0 unspecified atom stereocenters. The molecule has 0 spiro atoms. The predicted octanol–water partition coefficient (Wildman–Crippen LogP) is 4.10. The number of alkyl halides is 1. The van der Waals surface area contributed by atoms with Crippen molar-refractivity contribution in [3.8, 4) is 0 Å². The van der Waals surface area contributed by atoms with Crippen LogP contribution in [-0.2, 0) is 10.1 Å². The van der Waals surface area contributed by atoms with Crippen molar-refractivity contribution in [2.45, 2.75) is 25.3 Å². The monoisotopic (exact) mass is 319 g/mol. The number of nitrogens with zero attached hydrogens (tertiary/aromatic N) is 1. The van der Waals surface area contributed by atoms with E-state index in [0.717, 1.165) is 34.8 Å². The standard InChI is InChI=1S/C13H19BrClNO/c1-10(2)17-8-7-16(3)13-6-4-5-12(15)11(13)9-14/h4-6,10H,7-9H2,1-3H3. The van der Waals surface area contributed by atoms with Crippen LogP contribution in [0, 0.1) is 0 Å². The Balaban J connectivity index is 2.68. The first kappa shape index (κ1) is 14.8. The molecule has 0 heterocycles. The summed E-state index contributed by atoms with van der Waals surface area (Å²) in [5.74, 6) is 0. The van der Waals surface area contributed by atoms with Gasteiger partial charge in [-0.15, -0.1) is 0 Å². The summed E-state index contributed by atoms with van der Waals surface area (Å²) in [7, 11) is 2.06. The van der Waals surface area contributed by atoms with E-state index >= 15 is 0 Å². The Morgan fingerprint density at radius 2 is 2.12 bits per heavy atom. The quantitative estimate of drug-likeness (QED) is 0.732. The van der Waals surface area contributed by atoms with Crippen LogP contribution < -0.4 is 4.90 Å². The van der Waals surface area contributed by atoms with Crippen LogP contribution in [0.1, 0.15) is 19.4 Å². The van der Waals surface area contributed by atoms with E-state index in [2.05, 4.69) is 33.9 Å². The van der Waals surface area contributed by atoms with Crippen LogP contribution in [0.3, 0.4) is 0 Å². The molecule has 0 saturated heterocycles. The van der Waals surface area contributed by atoms with E-state index in [4.69, 9.17) is 16.3 Å². The summed E-state index contributed by atoms with van der Waals surface area (Å²) in [6.45, 7) is 5.67. The van der Waals surface area contributed by atoms with Crippen molar-refractivity contribution in [1.82, 2.24) is 0 Å². The highest BCUT2D eigenvalue weighted by Crippen LogP contribution is 2.28. The number of anilines is 1. The van der Waals surface area contributed by atoms with Crippen LogP contribution in [0.4, 0.5) is 5.69 Å². The molecule has 0 bridgehead atoms. The average molecular weight is 321 g/mol. The first-order valence-electron chi connectivity index (χ1n) is 5.72. The Morgan fingerprint density at radius 1 is 1.41 bits per heavy atom. The van der Waals surface area contributed by atoms with Gasteiger partial charge in [-0.3, -0.25) is 0 Å². The van der Waals surface area contributed by atoms with Crippen molar-refractivity contribution in [2.75, 3.05) is 25.1 Å². The maximum Gasteiger partial charge on any atom is 0.0644 e. The Labute approximate surface area is 117 Å². The Hall–Kier alpha value is -0.250. The summed E-state index contributed by atoms with van der Waals surface area (Å²) in [6.07, 6.45) is 0.276. The van der Waals surface area contributed by atoms with E-state index in [0.29, 0.717) is 0 Å². The van der Waals surface area contributed by atoms with Crippen LogP contribution in [0.25, 0.3) is 0 Å². The highest BCUT2D eigenvalue weighted by Gasteiger charge is 2.09. The normalized spacial score (nSPS) is 10.9. The minimum absolute atomic E-state index is 0.276. The van der Waals surface area contributed by atoms with Gasteiger partial charge in [0.25, 0.3) is 0 Å². The number of hydrogen-bond donors (Lipinski definition) is 0. The molecule has 2 nitrogen and oxygen atoms in total. The van der Waals surface area contributed by atoms with E-state index in [1.54, 1.807) is 0 Å². The zero-order valence-corrected chi connectivity index (χ0v) is 12.9. The summed E-state index contributed by atoms with van der Waals surface area (Å²) in [6, 6.07) is 5.97. The minimum Gasteiger partial charge on any atom is -0.377 e. The fraction of sp³-hybridized carbons (Fsp3) is 0.538. The van der Waals surface area contributed by atoms with Crippen LogP contribution in [-0.4, -0.2) is 26.3 Å². The number of hydrogen-bond acceptors (Lipinski definition) is 2. The first-order valence-corrected chi connectivity index (χ1v) is 7.22. The molecule has 0 aromatic heterocycles. The molecule has 0 aliphatic heterocycles. The molecule has 0 atom stereocenters. The molecule has 0 saturated carbocycles. The molecular formula is C13H19BrClNO. The van der Waals surface area contributed by atoms with Crippen molar-refractivity contribution in [3.05, 3.63) is 28.8 Å². The molecule has 0 aliphatic carbocycles. The van der Waals surface area contributed by atoms with Gasteiger partial charge in [-0.1, -0.05) is 33.6 Å². The van der Waals surface area contributed by atoms with Crippen molar-refractivity contribution < 1.29 is 4.74 Å². The van der Waals surface area contributed by atoms with Gasteiger partial charge in [0.2, 0.25) is 0 Å². The molecule has 17 heavy (non-hydrogen) atoms. The van der Waals surface area contributed by atoms with Gasteiger partial charge < -0.3 is 9.64 Å². The molecular weight excluding hydrogens is 302 g/mol. The fourth-order valence-electron chi connectivity index (χ4n) is 1.58. The van der Waals surface area contributed by atoms with Crippen LogP contribution in [0.5, 0.6) is 0 Å². The highest BCUT2D eigenvalue weighted by atomic mass is 79.9. The Bertz CT molecular complexity index is 357. The largest absolute Gasteiger partial charge is 0.377 e. The maximum absolute atomic E-state index is 6.17. The molecule has 0 radical (unpaired) electrons. The van der Waals surface area contributed by atoms with Crippen LogP contribution in [0.2, 0.25) is 5.02 Å². The number of likely N-dealkylation sites (N-methyl/N-ethyl adjacent to an activating group) is 1. The molecule has 4 heteroatoms. The summed E-state index contributed by atoms with van der Waals surface area (Å²) >= 11 is 9.65. The number of ether oxygens (including phenoxy) is 1. The highest BCUT2D eigenvalue weighted by molar-refractivity contribution is 9.08. The summed E-state index contributed by atoms with van der Waals surface area (Å²) in [4.78, 5) is 2.17. The smallest absolute Gasteiger partial charge is 0.0644 e. The van der Waals surface area contributed by atoms with E-state index < -0.39 is 0 Å². The average Bonchev–Trinajstić information content (AvgIpc) is 2.28. The van der Waals surface area contributed by atoms with E-state index in [-0.39, 0.29) is 6.10 Å². The van der Waals surface area contributed by atoms with Gasteiger partial charge in [-0.2, -0.15) is 0 Å². The SMILES string of the molecule is CC(C)OCCN(C)c1cccc(Cl)c1CBr. The summed E-state index contributed by atoms with van der Waals surface area (Å²) in [5, 5.41) is 1.56. The molecule has 0 aliphatic rings. The maximum atomic E-state index is 6.17. The third-order valence-electron chi connectivity index (χ3n) is 2.52. The van der Waals surface area contributed by atoms with E-state index in [1.807, 2.05) is 26.0 Å². The van der Waals surface area contributed by atoms with Gasteiger partial charge in [0.1, 0.15) is 0 Å². The van der Waals surface area contributed by atoms with Crippen molar-refractivity contribution >= 4 is 33.2 Å². The summed E-state index contributed by atoms with van der Waals surface area (Å²) in [5.41, 5.74) is 2.28. The van der Waals surface area contributed by atoms with Crippen molar-refractivity contribution in [1.29, 1.82) is 0 Å². The first-order chi connectivity index (χ1) is 8.06. The lowest BCUT2D eigenvalue weighted by molar-refractivity contribution is 0.0846. The van der Waals surface area contributed by atoms with Gasteiger partial charge in [0, 0.05) is 35.2 Å². The van der Waals surface area contributed by atoms with Crippen LogP contribution >= 0.6 is 27.5 Å². The van der Waals surface area contributed by atoms with Gasteiger partial charge >= 0.3 is 0 Å². The van der Waals surface area contributed by atoms with Crippen molar-refractivity contribution in [2.24, 2.45) is 0 Å². The minimum atomic E-state index is 0.276. The molecule has 1 rings (SSSR count). The molecule has 1 aromatic carbocycles. The molecule has 0 fully saturated rings. The third kappa shape index (κ3) is 4.49. The summed E-state index contributed by atoms with van der Waals surface area (Å²) < 4.78 is 5.55. The lowest BCUT2D eigenvalue weighted by Crippen LogP contribution is -2.24. The third-order valence-corrected chi connectivity index (χ3v) is 3.43. The zero-order valence-electron chi connectivity index (χ0n) is 10.5. The van der Waals surface area contributed by atoms with E-state index in [1.165, 1.54) is 0 Å². The fourth-order valence-corrected chi connectivity index (χ4v) is 2.57. The lowest BCUT2D eigenvalue weighted by Gasteiger charge is -2.23. The van der Waals surface area contributed by atoms with Gasteiger partial charge in [-0.25, -0.2) is 0 Å². The topological polar surface area (TPSA) is 12.5 Å². The van der Waals surface area contributed by atoms with Crippen molar-refractivity contribution in [3.63, 3.8) is 0 Å². The van der Waals surface area contributed by atoms with Crippen LogP contribution in [0.15, 0.2) is 18.2 Å². The molecule has 0 N–H and O–H groups in total. The Kier molecular flexibility index (Phi) is 6.31. The Morgan fingerprint density at radius 3 is 2.71 bits per heavy atom. The molecule has 0 amide bonds. The van der Waals surface area contributed by atoms with Gasteiger partial charge in [0.05, 0.1) is 12.7 Å². The number of halogens is 2. The molecule has 96 valence electrons. The van der Waals surface area contributed by atoms with Gasteiger partial charge in [0.15, 0.2) is 0 Å². The predicted molar refractivity (Wildman–Crippen MR) is 78.4 cm³/mol. The van der Waals surface area contributed by atoms with Gasteiger partial charge in [-0.05, 0) is 26.0 Å². The second kappa shape index (κ2) is 7.24. The second-order valence-electron chi connectivity index (χ2n) is 4.21.